The van der Waals surface area contributed by atoms with Crippen molar-refractivity contribution in [1.82, 2.24) is 15.5 Å². The van der Waals surface area contributed by atoms with Crippen LogP contribution in [0.25, 0.3) is 0 Å². The predicted molar refractivity (Wildman–Crippen MR) is 94.7 cm³/mol. The molecule has 1 aliphatic heterocycles. The number of hydrogen-bond acceptors (Lipinski definition) is 3. The lowest BCUT2D eigenvalue weighted by molar-refractivity contribution is -0.137. The van der Waals surface area contributed by atoms with Gasteiger partial charge in [-0.15, -0.1) is 0 Å². The highest BCUT2D eigenvalue weighted by molar-refractivity contribution is 6.09. The second kappa shape index (κ2) is 6.96. The molecule has 3 fully saturated rings. The van der Waals surface area contributed by atoms with Gasteiger partial charge in [0, 0.05) is 6.04 Å². The number of hydrogen-bond donors (Lipinski definition) is 2. The summed E-state index contributed by atoms with van der Waals surface area (Å²) in [5.41, 5.74) is -0.789. The largest absolute Gasteiger partial charge is 0.352 e. The molecule has 6 heteroatoms. The van der Waals surface area contributed by atoms with E-state index in [9.17, 15) is 14.4 Å². The minimum absolute atomic E-state index is 0.116. The average molecular weight is 349 g/mol. The molecule has 0 unspecified atom stereocenters. The maximum Gasteiger partial charge on any atom is 0.325 e. The molecule has 4 amide bonds. The molecule has 6 nitrogen and oxygen atoms in total. The molecular formula is C19H31N3O3. The van der Waals surface area contributed by atoms with E-state index in [-0.39, 0.29) is 30.3 Å². The van der Waals surface area contributed by atoms with Crippen LogP contribution < -0.4 is 10.6 Å². The Hall–Kier alpha value is -1.59. The molecule has 1 heterocycles. The Morgan fingerprint density at radius 1 is 1.16 bits per heavy atom. The molecule has 0 aromatic rings. The Kier molecular flexibility index (Phi) is 5.07. The van der Waals surface area contributed by atoms with E-state index in [1.54, 1.807) is 0 Å². The van der Waals surface area contributed by atoms with Crippen LogP contribution in [0.3, 0.4) is 0 Å². The average Bonchev–Trinajstić information content (AvgIpc) is 2.80. The maximum atomic E-state index is 12.9. The van der Waals surface area contributed by atoms with Crippen molar-refractivity contribution in [3.05, 3.63) is 0 Å². The third-order valence-electron chi connectivity index (χ3n) is 6.86. The fourth-order valence-corrected chi connectivity index (χ4v) is 4.82. The molecule has 1 saturated heterocycles. The number of carbonyl (C=O) groups excluding carboxylic acids is 3. The summed E-state index contributed by atoms with van der Waals surface area (Å²) in [6, 6.07) is -0.279. The lowest BCUT2D eigenvalue weighted by atomic mass is 9.73. The van der Waals surface area contributed by atoms with Crippen LogP contribution >= 0.6 is 0 Å². The van der Waals surface area contributed by atoms with Gasteiger partial charge in [0.15, 0.2) is 0 Å². The molecule has 140 valence electrons. The highest BCUT2D eigenvalue weighted by Crippen LogP contribution is 2.38. The minimum atomic E-state index is -0.789. The van der Waals surface area contributed by atoms with Gasteiger partial charge >= 0.3 is 6.03 Å². The van der Waals surface area contributed by atoms with Crippen molar-refractivity contribution < 1.29 is 14.4 Å². The summed E-state index contributed by atoms with van der Waals surface area (Å²) in [5, 5.41) is 5.96. The lowest BCUT2D eigenvalue weighted by Gasteiger charge is -2.37. The molecule has 0 bridgehead atoms. The molecule has 3 rings (SSSR count). The highest BCUT2D eigenvalue weighted by Gasteiger charge is 2.55. The second-order valence-corrected chi connectivity index (χ2v) is 8.38. The number of nitrogens with zero attached hydrogens (tertiary/aromatic N) is 1. The summed E-state index contributed by atoms with van der Waals surface area (Å²) < 4.78 is 0. The van der Waals surface area contributed by atoms with Gasteiger partial charge in [-0.1, -0.05) is 46.5 Å². The number of carbonyl (C=O) groups is 3. The van der Waals surface area contributed by atoms with Crippen molar-refractivity contribution >= 4 is 17.8 Å². The first-order chi connectivity index (χ1) is 11.8. The molecule has 1 spiro atoms. The smallest absolute Gasteiger partial charge is 0.325 e. The van der Waals surface area contributed by atoms with E-state index in [1.165, 1.54) is 6.42 Å². The standard InChI is InChI=1S/C19H31N3O3/c1-12-7-6-9-15(14(12)3)20-16(23)11-22-17(24)19(21-18(22)25)10-5-4-8-13(19)2/h12-15H,4-11H2,1-3H3,(H,20,23)(H,21,25)/t12-,13-,14+,15+,19-/m0/s1. The number of imide groups is 1. The normalized spacial score (nSPS) is 38.8. The number of nitrogens with one attached hydrogen (secondary N) is 2. The van der Waals surface area contributed by atoms with Crippen molar-refractivity contribution in [3.8, 4) is 0 Å². The van der Waals surface area contributed by atoms with Gasteiger partial charge in [-0.2, -0.15) is 0 Å². The summed E-state index contributed by atoms with van der Waals surface area (Å²) in [7, 11) is 0. The van der Waals surface area contributed by atoms with Crippen LogP contribution in [0, 0.1) is 17.8 Å². The first kappa shape index (κ1) is 18.2. The van der Waals surface area contributed by atoms with Gasteiger partial charge < -0.3 is 10.6 Å². The zero-order chi connectivity index (χ0) is 18.2. The monoisotopic (exact) mass is 349 g/mol. The van der Waals surface area contributed by atoms with Crippen molar-refractivity contribution in [2.24, 2.45) is 17.8 Å². The Morgan fingerprint density at radius 3 is 2.64 bits per heavy atom. The molecule has 0 radical (unpaired) electrons. The van der Waals surface area contributed by atoms with E-state index >= 15 is 0 Å². The highest BCUT2D eigenvalue weighted by atomic mass is 16.2. The fraction of sp³-hybridized carbons (Fsp3) is 0.842. The number of amides is 4. The molecule has 2 N–H and O–H groups in total. The SMILES string of the molecule is C[C@@H]1[C@@H](C)CCC[C@H]1NC(=O)CN1C(=O)N[C@]2(CCCC[C@@H]2C)C1=O. The van der Waals surface area contributed by atoms with Crippen LogP contribution in [0.5, 0.6) is 0 Å². The number of urea groups is 1. The summed E-state index contributed by atoms with van der Waals surface area (Å²) >= 11 is 0. The van der Waals surface area contributed by atoms with Crippen LogP contribution in [0.1, 0.15) is 65.7 Å². The van der Waals surface area contributed by atoms with Gasteiger partial charge in [0.25, 0.3) is 5.91 Å². The van der Waals surface area contributed by atoms with E-state index in [2.05, 4.69) is 24.5 Å². The van der Waals surface area contributed by atoms with Crippen LogP contribution in [0.2, 0.25) is 0 Å². The Bertz CT molecular complexity index is 564. The zero-order valence-corrected chi connectivity index (χ0v) is 15.6. The van der Waals surface area contributed by atoms with Gasteiger partial charge in [-0.25, -0.2) is 4.79 Å². The number of rotatable bonds is 3. The van der Waals surface area contributed by atoms with Gasteiger partial charge in [-0.3, -0.25) is 14.5 Å². The van der Waals surface area contributed by atoms with Crippen molar-refractivity contribution in [3.63, 3.8) is 0 Å². The molecule has 2 aliphatic carbocycles. The quantitative estimate of drug-likeness (QED) is 0.768. The first-order valence-corrected chi connectivity index (χ1v) is 9.78. The lowest BCUT2D eigenvalue weighted by Crippen LogP contribution is -2.54. The van der Waals surface area contributed by atoms with Crippen LogP contribution in [-0.4, -0.2) is 40.9 Å². The first-order valence-electron chi connectivity index (χ1n) is 9.78. The van der Waals surface area contributed by atoms with E-state index in [0.29, 0.717) is 18.3 Å². The third kappa shape index (κ3) is 3.27. The van der Waals surface area contributed by atoms with Gasteiger partial charge in [0.2, 0.25) is 5.91 Å². The summed E-state index contributed by atoms with van der Waals surface area (Å²) in [4.78, 5) is 38.9. The zero-order valence-electron chi connectivity index (χ0n) is 15.6. The fourth-order valence-electron chi connectivity index (χ4n) is 4.82. The molecule has 5 atom stereocenters. The Balaban J connectivity index is 1.63. The van der Waals surface area contributed by atoms with Crippen molar-refractivity contribution in [2.45, 2.75) is 77.3 Å². The minimum Gasteiger partial charge on any atom is -0.352 e. The molecule has 25 heavy (non-hydrogen) atoms. The predicted octanol–water partition coefficient (Wildman–Crippen LogP) is 2.43. The van der Waals surface area contributed by atoms with E-state index in [1.807, 2.05) is 6.92 Å². The van der Waals surface area contributed by atoms with E-state index < -0.39 is 11.6 Å². The summed E-state index contributed by atoms with van der Waals surface area (Å²) in [6.07, 6.45) is 6.91. The molecule has 3 aliphatic rings. The van der Waals surface area contributed by atoms with Gasteiger partial charge in [0.05, 0.1) is 0 Å². The second-order valence-electron chi connectivity index (χ2n) is 8.38. The molecule has 2 saturated carbocycles. The maximum absolute atomic E-state index is 12.9. The van der Waals surface area contributed by atoms with E-state index in [0.717, 1.165) is 37.0 Å². The Morgan fingerprint density at radius 2 is 1.92 bits per heavy atom. The molecular weight excluding hydrogens is 318 g/mol. The summed E-state index contributed by atoms with van der Waals surface area (Å²) in [5.74, 6) is 0.678. The topological polar surface area (TPSA) is 78.5 Å². The molecule has 0 aromatic carbocycles. The van der Waals surface area contributed by atoms with Gasteiger partial charge in [-0.05, 0) is 37.0 Å². The van der Waals surface area contributed by atoms with Crippen LogP contribution in [-0.2, 0) is 9.59 Å². The van der Waals surface area contributed by atoms with Crippen molar-refractivity contribution in [2.75, 3.05) is 6.54 Å². The Labute approximate surface area is 150 Å². The van der Waals surface area contributed by atoms with E-state index in [4.69, 9.17) is 0 Å². The van der Waals surface area contributed by atoms with Crippen LogP contribution in [0.15, 0.2) is 0 Å². The van der Waals surface area contributed by atoms with Gasteiger partial charge in [0.1, 0.15) is 12.1 Å². The molecule has 0 aromatic heterocycles. The summed E-state index contributed by atoms with van der Waals surface area (Å²) in [6.45, 7) is 6.23. The van der Waals surface area contributed by atoms with Crippen molar-refractivity contribution in [1.29, 1.82) is 0 Å². The third-order valence-corrected chi connectivity index (χ3v) is 6.86. The van der Waals surface area contributed by atoms with Crippen LogP contribution in [0.4, 0.5) is 4.79 Å².